The van der Waals surface area contributed by atoms with Gasteiger partial charge in [-0.1, -0.05) is 0 Å². The maximum Gasteiger partial charge on any atom is 0.251 e. The minimum Gasteiger partial charge on any atom is -0.399 e. The van der Waals surface area contributed by atoms with E-state index in [0.717, 1.165) is 0 Å². The fraction of sp³-hybridized carbons (Fsp3) is 0.273. The summed E-state index contributed by atoms with van der Waals surface area (Å²) in [5.41, 5.74) is 11.5. The Hall–Kier alpha value is -2.08. The van der Waals surface area contributed by atoms with Gasteiger partial charge in [0, 0.05) is 30.5 Å². The Labute approximate surface area is 98.9 Å². The first-order valence-electron chi connectivity index (χ1n) is 5.02. The Morgan fingerprint density at radius 2 is 1.94 bits per heavy atom. The second-order valence-electron chi connectivity index (χ2n) is 3.46. The minimum atomic E-state index is -0.622. The summed E-state index contributed by atoms with van der Waals surface area (Å²) in [4.78, 5) is 22.7. The summed E-state index contributed by atoms with van der Waals surface area (Å²) in [6, 6.07) is 4.31. The van der Waals surface area contributed by atoms with Gasteiger partial charge < -0.3 is 21.5 Å². The number of nitrogens with two attached hydrogens (primary N) is 2. The predicted molar refractivity (Wildman–Crippen MR) is 63.6 cm³/mol. The van der Waals surface area contributed by atoms with Crippen molar-refractivity contribution in [2.75, 3.05) is 26.0 Å². The third-order valence-electron chi connectivity index (χ3n) is 2.09. The van der Waals surface area contributed by atoms with Crippen LogP contribution in [0.5, 0.6) is 0 Å². The van der Waals surface area contributed by atoms with Gasteiger partial charge in [0.25, 0.3) is 5.91 Å². The third kappa shape index (κ3) is 3.76. The van der Waals surface area contributed by atoms with E-state index in [1.54, 1.807) is 0 Å². The number of nitrogen functional groups attached to an aromatic ring is 1. The normalized spacial score (nSPS) is 9.94. The topological polar surface area (TPSA) is 107 Å². The van der Waals surface area contributed by atoms with E-state index in [9.17, 15) is 9.59 Å². The molecule has 0 aromatic heterocycles. The molecule has 2 amide bonds. The van der Waals surface area contributed by atoms with Crippen LogP contribution in [0.15, 0.2) is 18.2 Å². The quantitative estimate of drug-likeness (QED) is 0.484. The zero-order chi connectivity index (χ0) is 12.8. The van der Waals surface area contributed by atoms with Gasteiger partial charge in [-0.2, -0.15) is 0 Å². The van der Waals surface area contributed by atoms with Gasteiger partial charge in [0.2, 0.25) is 5.91 Å². The number of methoxy groups -OCH3 is 1. The lowest BCUT2D eigenvalue weighted by molar-refractivity contribution is 0.0937. The predicted octanol–water partition coefficient (Wildman–Crippen LogP) is -0.256. The Kier molecular flexibility index (Phi) is 4.47. The SMILES string of the molecule is COCCNC(=O)c1cc(N)cc(C(N)=O)c1. The van der Waals surface area contributed by atoms with Crippen LogP contribution in [-0.4, -0.2) is 32.1 Å². The number of hydrogen-bond acceptors (Lipinski definition) is 4. The van der Waals surface area contributed by atoms with Gasteiger partial charge in [-0.25, -0.2) is 0 Å². The van der Waals surface area contributed by atoms with Crippen molar-refractivity contribution in [2.24, 2.45) is 5.73 Å². The molecule has 1 aromatic rings. The number of rotatable bonds is 5. The number of anilines is 1. The van der Waals surface area contributed by atoms with Crippen molar-refractivity contribution in [3.05, 3.63) is 29.3 Å². The number of amides is 2. The van der Waals surface area contributed by atoms with Gasteiger partial charge in [0.15, 0.2) is 0 Å². The molecule has 1 aromatic carbocycles. The average molecular weight is 237 g/mol. The summed E-state index contributed by atoms with van der Waals surface area (Å²) in [6.45, 7) is 0.798. The van der Waals surface area contributed by atoms with E-state index in [4.69, 9.17) is 16.2 Å². The van der Waals surface area contributed by atoms with Gasteiger partial charge in [-0.3, -0.25) is 9.59 Å². The molecule has 5 N–H and O–H groups in total. The summed E-state index contributed by atoms with van der Waals surface area (Å²) in [5.74, 6) is -0.944. The second-order valence-corrected chi connectivity index (χ2v) is 3.46. The molecule has 0 aliphatic rings. The Balaban J connectivity index is 2.82. The highest BCUT2D eigenvalue weighted by Crippen LogP contribution is 2.11. The molecule has 0 heterocycles. The summed E-state index contributed by atoms with van der Waals surface area (Å²) in [5, 5.41) is 2.62. The number of primary amides is 1. The minimum absolute atomic E-state index is 0.210. The molecule has 1 rings (SSSR count). The number of carbonyl (C=O) groups is 2. The van der Waals surface area contributed by atoms with Crippen molar-refractivity contribution in [3.63, 3.8) is 0 Å². The summed E-state index contributed by atoms with van der Waals surface area (Å²) in [6.07, 6.45) is 0. The lowest BCUT2D eigenvalue weighted by Crippen LogP contribution is -2.27. The van der Waals surface area contributed by atoms with Crippen LogP contribution in [0.25, 0.3) is 0 Å². The van der Waals surface area contributed by atoms with Gasteiger partial charge in [0.1, 0.15) is 0 Å². The molecule has 0 aliphatic carbocycles. The van der Waals surface area contributed by atoms with E-state index in [1.165, 1.54) is 25.3 Å². The standard InChI is InChI=1S/C11H15N3O3/c1-17-3-2-14-11(16)8-4-7(10(13)15)5-9(12)6-8/h4-6H,2-3,12H2,1H3,(H2,13,15)(H,14,16). The van der Waals surface area contributed by atoms with Crippen LogP contribution < -0.4 is 16.8 Å². The molecule has 0 spiro atoms. The Morgan fingerprint density at radius 1 is 1.29 bits per heavy atom. The lowest BCUT2D eigenvalue weighted by atomic mass is 10.1. The van der Waals surface area contributed by atoms with Crippen LogP contribution in [0, 0.1) is 0 Å². The first-order valence-corrected chi connectivity index (χ1v) is 5.02. The van der Waals surface area contributed by atoms with Crippen molar-refractivity contribution in [2.45, 2.75) is 0 Å². The van der Waals surface area contributed by atoms with Gasteiger partial charge in [-0.15, -0.1) is 0 Å². The van der Waals surface area contributed by atoms with Crippen LogP contribution in [-0.2, 0) is 4.74 Å². The van der Waals surface area contributed by atoms with E-state index in [1.807, 2.05) is 0 Å². The fourth-order valence-corrected chi connectivity index (χ4v) is 1.29. The highest BCUT2D eigenvalue weighted by atomic mass is 16.5. The summed E-state index contributed by atoms with van der Waals surface area (Å²) >= 11 is 0. The van der Waals surface area contributed by atoms with Crippen LogP contribution in [0.4, 0.5) is 5.69 Å². The number of carbonyl (C=O) groups excluding carboxylic acids is 2. The van der Waals surface area contributed by atoms with Crippen molar-refractivity contribution in [3.8, 4) is 0 Å². The molecule has 0 saturated carbocycles. The molecule has 0 aliphatic heterocycles. The molecular weight excluding hydrogens is 222 g/mol. The van der Waals surface area contributed by atoms with Crippen LogP contribution in [0.2, 0.25) is 0 Å². The fourth-order valence-electron chi connectivity index (χ4n) is 1.29. The first-order chi connectivity index (χ1) is 8.04. The van der Waals surface area contributed by atoms with Crippen LogP contribution >= 0.6 is 0 Å². The van der Waals surface area contributed by atoms with Crippen LogP contribution in [0.1, 0.15) is 20.7 Å². The second kappa shape index (κ2) is 5.86. The molecule has 0 saturated heterocycles. The molecule has 17 heavy (non-hydrogen) atoms. The molecule has 0 atom stereocenters. The maximum atomic E-state index is 11.7. The van der Waals surface area contributed by atoms with Crippen LogP contribution in [0.3, 0.4) is 0 Å². The lowest BCUT2D eigenvalue weighted by Gasteiger charge is -2.06. The molecule has 6 heteroatoms. The van der Waals surface area contributed by atoms with Gasteiger partial charge in [-0.05, 0) is 18.2 Å². The Bertz CT molecular complexity index is 432. The summed E-state index contributed by atoms with van der Waals surface area (Å²) < 4.78 is 4.80. The largest absolute Gasteiger partial charge is 0.399 e. The molecule has 92 valence electrons. The highest BCUT2D eigenvalue weighted by molar-refractivity contribution is 6.00. The number of benzene rings is 1. The van der Waals surface area contributed by atoms with E-state index < -0.39 is 5.91 Å². The maximum absolute atomic E-state index is 11.7. The third-order valence-corrected chi connectivity index (χ3v) is 2.09. The zero-order valence-electron chi connectivity index (χ0n) is 9.53. The average Bonchev–Trinajstić information content (AvgIpc) is 2.28. The van der Waals surface area contributed by atoms with Crippen molar-refractivity contribution in [1.29, 1.82) is 0 Å². The molecule has 0 radical (unpaired) electrons. The van der Waals surface area contributed by atoms with E-state index in [2.05, 4.69) is 5.32 Å². The highest BCUT2D eigenvalue weighted by Gasteiger charge is 2.09. The van der Waals surface area contributed by atoms with E-state index in [0.29, 0.717) is 24.4 Å². The molecule has 0 bridgehead atoms. The smallest absolute Gasteiger partial charge is 0.251 e. The molecular formula is C11H15N3O3. The first kappa shape index (κ1) is 13.0. The van der Waals surface area contributed by atoms with E-state index in [-0.39, 0.29) is 11.5 Å². The number of ether oxygens (including phenoxy) is 1. The number of nitrogens with one attached hydrogen (secondary N) is 1. The van der Waals surface area contributed by atoms with Crippen molar-refractivity contribution in [1.82, 2.24) is 5.32 Å². The Morgan fingerprint density at radius 3 is 2.53 bits per heavy atom. The zero-order valence-corrected chi connectivity index (χ0v) is 9.53. The van der Waals surface area contributed by atoms with Crippen molar-refractivity contribution < 1.29 is 14.3 Å². The molecule has 0 unspecified atom stereocenters. The van der Waals surface area contributed by atoms with E-state index >= 15 is 0 Å². The molecule has 0 fully saturated rings. The van der Waals surface area contributed by atoms with Gasteiger partial charge >= 0.3 is 0 Å². The monoisotopic (exact) mass is 237 g/mol. The van der Waals surface area contributed by atoms with Crippen molar-refractivity contribution >= 4 is 17.5 Å². The number of hydrogen-bond donors (Lipinski definition) is 3. The summed E-state index contributed by atoms with van der Waals surface area (Å²) in [7, 11) is 1.54. The molecule has 6 nitrogen and oxygen atoms in total. The van der Waals surface area contributed by atoms with Gasteiger partial charge in [0.05, 0.1) is 6.61 Å².